The maximum Gasteiger partial charge on any atom is 0.270 e. The van der Waals surface area contributed by atoms with Crippen LogP contribution in [0.5, 0.6) is 5.75 Å². The van der Waals surface area contributed by atoms with E-state index in [0.717, 1.165) is 16.3 Å². The van der Waals surface area contributed by atoms with E-state index in [4.69, 9.17) is 9.94 Å². The number of nitrogens with one attached hydrogen (secondary N) is 1. The lowest BCUT2D eigenvalue weighted by Gasteiger charge is -2.11. The van der Waals surface area contributed by atoms with Gasteiger partial charge in [0.2, 0.25) is 0 Å². The number of anilines is 1. The van der Waals surface area contributed by atoms with E-state index in [9.17, 15) is 4.79 Å². The fourth-order valence-electron chi connectivity index (χ4n) is 1.25. The topological polar surface area (TPSA) is 70.9 Å². The second kappa shape index (κ2) is 5.50. The number of oxime groups is 1. The number of aryl methyl sites for hydroxylation is 1. The van der Waals surface area contributed by atoms with E-state index >= 15 is 0 Å². The van der Waals surface area contributed by atoms with Gasteiger partial charge in [0.05, 0.1) is 17.3 Å². The van der Waals surface area contributed by atoms with Crippen molar-refractivity contribution >= 4 is 33.7 Å². The minimum Gasteiger partial charge on any atom is -0.493 e. The minimum atomic E-state index is -0.529. The molecule has 6 heteroatoms. The zero-order chi connectivity index (χ0) is 12.1. The Hall–Kier alpha value is -1.56. The Morgan fingerprint density at radius 2 is 2.31 bits per heavy atom. The Morgan fingerprint density at radius 3 is 2.88 bits per heavy atom. The number of carbonyl (C=O) groups excluding carboxylic acids is 1. The van der Waals surface area contributed by atoms with Crippen molar-refractivity contribution in [1.82, 2.24) is 0 Å². The van der Waals surface area contributed by atoms with Gasteiger partial charge in [-0.15, -0.1) is 0 Å². The van der Waals surface area contributed by atoms with Crippen LogP contribution in [0, 0.1) is 6.92 Å². The molecule has 86 valence electrons. The third-order valence-corrected chi connectivity index (χ3v) is 2.41. The summed E-state index contributed by atoms with van der Waals surface area (Å²) >= 11 is 3.33. The largest absolute Gasteiger partial charge is 0.493 e. The molecule has 0 unspecified atom stereocenters. The van der Waals surface area contributed by atoms with Crippen LogP contribution in [0.3, 0.4) is 0 Å². The number of rotatable bonds is 3. The lowest BCUT2D eigenvalue weighted by molar-refractivity contribution is -0.110. The van der Waals surface area contributed by atoms with E-state index in [1.165, 1.54) is 7.11 Å². The van der Waals surface area contributed by atoms with E-state index in [2.05, 4.69) is 26.4 Å². The maximum absolute atomic E-state index is 11.2. The van der Waals surface area contributed by atoms with Gasteiger partial charge in [0.15, 0.2) is 5.75 Å². The molecule has 0 radical (unpaired) electrons. The summed E-state index contributed by atoms with van der Waals surface area (Å²) < 4.78 is 5.88. The molecule has 1 aromatic carbocycles. The maximum atomic E-state index is 11.2. The van der Waals surface area contributed by atoms with Crippen molar-refractivity contribution in [1.29, 1.82) is 0 Å². The fraction of sp³-hybridized carbons (Fsp3) is 0.200. The predicted octanol–water partition coefficient (Wildman–Crippen LogP) is 2.16. The number of carbonyl (C=O) groups is 1. The molecule has 0 heterocycles. The molecule has 0 bridgehead atoms. The molecular weight excluding hydrogens is 276 g/mol. The van der Waals surface area contributed by atoms with Gasteiger partial charge in [0.1, 0.15) is 6.21 Å². The normalized spacial score (nSPS) is 10.4. The standard InChI is InChI=1S/C10H11BrN2O3/c1-6-3-7(11)10(16-2)8(4-6)13-9(14)5-12-15/h3-5,15H,1-2H3,(H,13,14)/b12-5-. The van der Waals surface area contributed by atoms with Crippen LogP contribution < -0.4 is 10.1 Å². The highest BCUT2D eigenvalue weighted by molar-refractivity contribution is 9.10. The van der Waals surface area contributed by atoms with Crippen molar-refractivity contribution in [2.24, 2.45) is 5.16 Å². The molecule has 0 saturated carbocycles. The van der Waals surface area contributed by atoms with Crippen LogP contribution in [0.2, 0.25) is 0 Å². The zero-order valence-corrected chi connectivity index (χ0v) is 10.4. The van der Waals surface area contributed by atoms with Gasteiger partial charge >= 0.3 is 0 Å². The smallest absolute Gasteiger partial charge is 0.270 e. The first-order valence-corrected chi connectivity index (χ1v) is 5.20. The van der Waals surface area contributed by atoms with Crippen LogP contribution in [-0.2, 0) is 4.79 Å². The van der Waals surface area contributed by atoms with E-state index < -0.39 is 5.91 Å². The van der Waals surface area contributed by atoms with Crippen molar-refractivity contribution < 1.29 is 14.7 Å². The monoisotopic (exact) mass is 286 g/mol. The number of hydrogen-bond acceptors (Lipinski definition) is 4. The summed E-state index contributed by atoms with van der Waals surface area (Å²) in [6.07, 6.45) is 0.773. The van der Waals surface area contributed by atoms with Gasteiger partial charge in [-0.3, -0.25) is 4.79 Å². The Labute approximate surface area is 101 Å². The van der Waals surface area contributed by atoms with Crippen LogP contribution in [-0.4, -0.2) is 24.4 Å². The van der Waals surface area contributed by atoms with Gasteiger partial charge in [0, 0.05) is 0 Å². The highest BCUT2D eigenvalue weighted by Gasteiger charge is 2.10. The van der Waals surface area contributed by atoms with Crippen molar-refractivity contribution in [3.8, 4) is 5.75 Å². The summed E-state index contributed by atoms with van der Waals surface area (Å²) in [5.74, 6) is -0.0106. The van der Waals surface area contributed by atoms with Crippen LogP contribution >= 0.6 is 15.9 Å². The quantitative estimate of drug-likeness (QED) is 0.508. The first-order valence-electron chi connectivity index (χ1n) is 4.41. The predicted molar refractivity (Wildman–Crippen MR) is 64.3 cm³/mol. The highest BCUT2D eigenvalue weighted by Crippen LogP contribution is 2.34. The second-order valence-corrected chi connectivity index (χ2v) is 3.92. The lowest BCUT2D eigenvalue weighted by atomic mass is 10.2. The van der Waals surface area contributed by atoms with Gasteiger partial charge in [-0.25, -0.2) is 0 Å². The lowest BCUT2D eigenvalue weighted by Crippen LogP contribution is -2.13. The number of halogens is 1. The van der Waals surface area contributed by atoms with Gasteiger partial charge < -0.3 is 15.3 Å². The Balaban J connectivity index is 3.07. The molecule has 1 aromatic rings. The molecule has 16 heavy (non-hydrogen) atoms. The third kappa shape index (κ3) is 2.96. The molecule has 0 fully saturated rings. The third-order valence-electron chi connectivity index (χ3n) is 1.82. The molecule has 0 aromatic heterocycles. The summed E-state index contributed by atoms with van der Waals surface area (Å²) in [6.45, 7) is 1.89. The fourth-order valence-corrected chi connectivity index (χ4v) is 1.98. The SMILES string of the molecule is COc1c(Br)cc(C)cc1NC(=O)/C=N\O. The molecule has 0 atom stereocenters. The van der Waals surface area contributed by atoms with Gasteiger partial charge in [-0.05, 0) is 40.5 Å². The minimum absolute atomic E-state index is 0.513. The summed E-state index contributed by atoms with van der Waals surface area (Å²) in [7, 11) is 1.51. The van der Waals surface area contributed by atoms with Crippen molar-refractivity contribution in [3.05, 3.63) is 22.2 Å². The van der Waals surface area contributed by atoms with Crippen molar-refractivity contribution in [3.63, 3.8) is 0 Å². The second-order valence-electron chi connectivity index (χ2n) is 3.06. The highest BCUT2D eigenvalue weighted by atomic mass is 79.9. The van der Waals surface area contributed by atoms with Crippen LogP contribution in [0.15, 0.2) is 21.8 Å². The molecule has 1 amide bonds. The number of amides is 1. The number of benzene rings is 1. The molecule has 1 rings (SSSR count). The van der Waals surface area contributed by atoms with Gasteiger partial charge in [-0.2, -0.15) is 0 Å². The molecule has 0 saturated heterocycles. The van der Waals surface area contributed by atoms with Crippen LogP contribution in [0.25, 0.3) is 0 Å². The molecule has 0 spiro atoms. The Bertz CT molecular complexity index is 432. The van der Waals surface area contributed by atoms with E-state index in [1.807, 2.05) is 13.0 Å². The van der Waals surface area contributed by atoms with Crippen LogP contribution in [0.4, 0.5) is 5.69 Å². The van der Waals surface area contributed by atoms with E-state index in [-0.39, 0.29) is 0 Å². The molecule has 2 N–H and O–H groups in total. The average molecular weight is 287 g/mol. The molecule has 0 aliphatic carbocycles. The van der Waals surface area contributed by atoms with Crippen LogP contribution in [0.1, 0.15) is 5.56 Å². The molecule has 0 aliphatic rings. The first kappa shape index (κ1) is 12.5. The summed E-state index contributed by atoms with van der Waals surface area (Å²) in [5, 5.41) is 13.4. The Kier molecular flexibility index (Phi) is 4.30. The van der Waals surface area contributed by atoms with Crippen molar-refractivity contribution in [2.75, 3.05) is 12.4 Å². The first-order chi connectivity index (χ1) is 7.58. The number of ether oxygens (including phenoxy) is 1. The van der Waals surface area contributed by atoms with Gasteiger partial charge in [0.25, 0.3) is 5.91 Å². The molecular formula is C10H11BrN2O3. The number of methoxy groups -OCH3 is 1. The van der Waals surface area contributed by atoms with E-state index in [1.54, 1.807) is 6.07 Å². The van der Waals surface area contributed by atoms with E-state index in [0.29, 0.717) is 11.4 Å². The van der Waals surface area contributed by atoms with Crippen molar-refractivity contribution in [2.45, 2.75) is 6.92 Å². The summed E-state index contributed by atoms with van der Waals surface area (Å²) in [6, 6.07) is 3.63. The average Bonchev–Trinajstić information content (AvgIpc) is 2.17. The number of nitrogens with zero attached hydrogens (tertiary/aromatic N) is 1. The summed E-state index contributed by atoms with van der Waals surface area (Å²) in [4.78, 5) is 11.2. The molecule has 5 nitrogen and oxygen atoms in total. The number of hydrogen-bond donors (Lipinski definition) is 2. The Morgan fingerprint density at radius 1 is 1.62 bits per heavy atom. The summed E-state index contributed by atoms with van der Waals surface area (Å²) in [5.41, 5.74) is 1.48. The molecule has 0 aliphatic heterocycles. The van der Waals surface area contributed by atoms with Gasteiger partial charge in [-0.1, -0.05) is 5.16 Å². The zero-order valence-electron chi connectivity index (χ0n) is 8.82.